The fourth-order valence-corrected chi connectivity index (χ4v) is 3.52. The SMILES string of the molecule is C=C(C)C(=O)O[C@H]1C[C@@]2(C)OC(=CC2=O)/C(COC(C)=O)=C\[C@H]2OC(=O)C(=C)[C@H]12. The van der Waals surface area contributed by atoms with Crippen molar-refractivity contribution in [1.82, 2.24) is 0 Å². The summed E-state index contributed by atoms with van der Waals surface area (Å²) in [5, 5.41) is 0. The van der Waals surface area contributed by atoms with Crippen LogP contribution in [0.4, 0.5) is 0 Å². The summed E-state index contributed by atoms with van der Waals surface area (Å²) in [5.74, 6) is -2.64. The van der Waals surface area contributed by atoms with E-state index >= 15 is 0 Å². The molecule has 0 amide bonds. The molecule has 3 aliphatic rings. The van der Waals surface area contributed by atoms with Crippen LogP contribution in [0, 0.1) is 5.92 Å². The van der Waals surface area contributed by atoms with Crippen molar-refractivity contribution in [3.8, 4) is 0 Å². The number of fused-ring (bicyclic) bond motifs is 3. The predicted molar refractivity (Wildman–Crippen MR) is 99.1 cm³/mol. The Bertz CT molecular complexity index is 892. The molecule has 8 heteroatoms. The summed E-state index contributed by atoms with van der Waals surface area (Å²) in [6.07, 6.45) is 1.08. The second-order valence-corrected chi connectivity index (χ2v) is 7.53. The second kappa shape index (κ2) is 7.35. The summed E-state index contributed by atoms with van der Waals surface area (Å²) in [5.41, 5.74) is -0.654. The minimum atomic E-state index is -1.33. The van der Waals surface area contributed by atoms with E-state index in [0.29, 0.717) is 5.57 Å². The Kier molecular flexibility index (Phi) is 5.21. The van der Waals surface area contributed by atoms with Crippen molar-refractivity contribution >= 4 is 23.7 Å². The van der Waals surface area contributed by atoms with Crippen LogP contribution in [0.1, 0.15) is 27.2 Å². The summed E-state index contributed by atoms with van der Waals surface area (Å²) in [6.45, 7) is 11.5. The summed E-state index contributed by atoms with van der Waals surface area (Å²) < 4.78 is 21.9. The average Bonchev–Trinajstić information content (AvgIpc) is 3.07. The lowest BCUT2D eigenvalue weighted by atomic mass is 9.82. The Morgan fingerprint density at radius 3 is 2.62 bits per heavy atom. The summed E-state index contributed by atoms with van der Waals surface area (Å²) >= 11 is 0. The van der Waals surface area contributed by atoms with E-state index in [4.69, 9.17) is 18.9 Å². The first-order chi connectivity index (χ1) is 13.5. The van der Waals surface area contributed by atoms with Crippen molar-refractivity contribution in [3.05, 3.63) is 47.8 Å². The van der Waals surface area contributed by atoms with Gasteiger partial charge in [-0.3, -0.25) is 9.59 Å². The molecule has 0 saturated carbocycles. The molecule has 8 nitrogen and oxygen atoms in total. The lowest BCUT2D eigenvalue weighted by Gasteiger charge is -2.31. The number of ketones is 1. The van der Waals surface area contributed by atoms with E-state index in [9.17, 15) is 19.2 Å². The molecule has 0 aromatic carbocycles. The lowest BCUT2D eigenvalue weighted by Crippen LogP contribution is -2.42. The normalized spacial score (nSPS) is 32.4. The third-order valence-corrected chi connectivity index (χ3v) is 5.09. The van der Waals surface area contributed by atoms with Gasteiger partial charge in [0.25, 0.3) is 0 Å². The molecule has 0 aliphatic carbocycles. The maximum absolute atomic E-state index is 12.7. The predicted octanol–water partition coefficient (Wildman–Crippen LogP) is 1.71. The highest BCUT2D eigenvalue weighted by Gasteiger charge is 2.52. The largest absolute Gasteiger partial charge is 0.479 e. The van der Waals surface area contributed by atoms with Crippen LogP contribution < -0.4 is 0 Å². The monoisotopic (exact) mass is 402 g/mol. The standard InChI is InChI=1S/C21H22O8/c1-10(2)19(24)28-16-8-21(5)17(23)7-14(29-21)13(9-26-12(4)22)6-15-18(16)11(3)20(25)27-15/h6-7,15-16,18H,1,3,8-9H2,2,4-5H3/b13-6-/t15-,16+,18+,21-/m1/s1. The first kappa shape index (κ1) is 20.6. The molecule has 3 aliphatic heterocycles. The molecule has 0 radical (unpaired) electrons. The van der Waals surface area contributed by atoms with Crippen LogP contribution in [0.2, 0.25) is 0 Å². The fourth-order valence-electron chi connectivity index (χ4n) is 3.52. The van der Waals surface area contributed by atoms with Crippen LogP contribution in [0.15, 0.2) is 47.8 Å². The van der Waals surface area contributed by atoms with Crippen molar-refractivity contribution in [3.63, 3.8) is 0 Å². The topological polar surface area (TPSA) is 105 Å². The summed E-state index contributed by atoms with van der Waals surface area (Å²) in [6, 6.07) is 0. The van der Waals surface area contributed by atoms with Gasteiger partial charge in [0.05, 0.1) is 5.92 Å². The molecule has 1 saturated heterocycles. The van der Waals surface area contributed by atoms with Crippen molar-refractivity contribution < 1.29 is 38.1 Å². The molecule has 154 valence electrons. The van der Waals surface area contributed by atoms with Crippen LogP contribution in [0.25, 0.3) is 0 Å². The molecule has 4 atom stereocenters. The van der Waals surface area contributed by atoms with Gasteiger partial charge in [-0.2, -0.15) is 0 Å². The highest BCUT2D eigenvalue weighted by molar-refractivity contribution is 6.00. The number of hydrogen-bond donors (Lipinski definition) is 0. The molecule has 0 unspecified atom stereocenters. The molecule has 2 bridgehead atoms. The molecule has 0 aromatic heterocycles. The zero-order chi connectivity index (χ0) is 21.5. The van der Waals surface area contributed by atoms with E-state index in [2.05, 4.69) is 13.2 Å². The Morgan fingerprint density at radius 1 is 1.31 bits per heavy atom. The van der Waals surface area contributed by atoms with E-state index < -0.39 is 41.6 Å². The highest BCUT2D eigenvalue weighted by atomic mass is 16.6. The summed E-state index contributed by atoms with van der Waals surface area (Å²) in [7, 11) is 0. The van der Waals surface area contributed by atoms with E-state index in [1.807, 2.05) is 0 Å². The molecule has 3 rings (SSSR count). The number of esters is 3. The fraction of sp³-hybridized carbons (Fsp3) is 0.429. The lowest BCUT2D eigenvalue weighted by molar-refractivity contribution is -0.153. The van der Waals surface area contributed by atoms with Gasteiger partial charge in [0, 0.05) is 36.1 Å². The van der Waals surface area contributed by atoms with Gasteiger partial charge in [0.15, 0.2) is 5.60 Å². The van der Waals surface area contributed by atoms with E-state index in [0.717, 1.165) is 0 Å². The minimum absolute atomic E-state index is 0.0175. The molecule has 0 spiro atoms. The Morgan fingerprint density at radius 2 is 2.00 bits per heavy atom. The van der Waals surface area contributed by atoms with Gasteiger partial charge >= 0.3 is 17.9 Å². The van der Waals surface area contributed by atoms with Crippen LogP contribution in [-0.4, -0.2) is 48.1 Å². The van der Waals surface area contributed by atoms with Crippen LogP contribution >= 0.6 is 0 Å². The number of ether oxygens (including phenoxy) is 4. The average molecular weight is 402 g/mol. The Balaban J connectivity index is 2.07. The molecular weight excluding hydrogens is 380 g/mol. The maximum Gasteiger partial charge on any atom is 0.334 e. The van der Waals surface area contributed by atoms with Crippen LogP contribution in [0.3, 0.4) is 0 Å². The summed E-state index contributed by atoms with van der Waals surface area (Å²) in [4.78, 5) is 48.4. The van der Waals surface area contributed by atoms with Gasteiger partial charge in [-0.25, -0.2) is 9.59 Å². The number of rotatable bonds is 4. The van der Waals surface area contributed by atoms with Crippen LogP contribution in [-0.2, 0) is 38.1 Å². The Labute approximate surface area is 167 Å². The smallest absolute Gasteiger partial charge is 0.334 e. The zero-order valence-corrected chi connectivity index (χ0v) is 16.5. The quantitative estimate of drug-likeness (QED) is 0.398. The van der Waals surface area contributed by atoms with Crippen molar-refractivity contribution in [2.75, 3.05) is 6.61 Å². The van der Waals surface area contributed by atoms with Gasteiger partial charge in [-0.1, -0.05) is 13.2 Å². The van der Waals surface area contributed by atoms with Gasteiger partial charge in [0.1, 0.15) is 24.6 Å². The second-order valence-electron chi connectivity index (χ2n) is 7.53. The van der Waals surface area contributed by atoms with E-state index in [1.165, 1.54) is 19.9 Å². The van der Waals surface area contributed by atoms with Gasteiger partial charge < -0.3 is 18.9 Å². The third-order valence-electron chi connectivity index (χ3n) is 5.09. The third kappa shape index (κ3) is 3.87. The van der Waals surface area contributed by atoms with E-state index in [1.54, 1.807) is 13.0 Å². The molecule has 29 heavy (non-hydrogen) atoms. The number of carbonyl (C=O) groups is 4. The molecule has 0 N–H and O–H groups in total. The van der Waals surface area contributed by atoms with Gasteiger partial charge in [0.2, 0.25) is 5.78 Å². The van der Waals surface area contributed by atoms with Gasteiger partial charge in [-0.15, -0.1) is 0 Å². The number of hydrogen-bond acceptors (Lipinski definition) is 8. The molecule has 0 aromatic rings. The van der Waals surface area contributed by atoms with Gasteiger partial charge in [-0.05, 0) is 19.9 Å². The molecule has 3 heterocycles. The van der Waals surface area contributed by atoms with Crippen molar-refractivity contribution in [2.24, 2.45) is 5.92 Å². The first-order valence-electron chi connectivity index (χ1n) is 9.07. The maximum atomic E-state index is 12.7. The highest BCUT2D eigenvalue weighted by Crippen LogP contribution is 2.42. The molecule has 1 fully saturated rings. The van der Waals surface area contributed by atoms with E-state index in [-0.39, 0.29) is 35.7 Å². The number of carbonyl (C=O) groups excluding carboxylic acids is 4. The van der Waals surface area contributed by atoms with Crippen molar-refractivity contribution in [2.45, 2.75) is 45.0 Å². The molecular formula is C21H22O8. The Hall–Kier alpha value is -3.16. The first-order valence-corrected chi connectivity index (χ1v) is 9.07. The minimum Gasteiger partial charge on any atom is -0.479 e. The van der Waals surface area contributed by atoms with Crippen LogP contribution in [0.5, 0.6) is 0 Å². The van der Waals surface area contributed by atoms with Crippen molar-refractivity contribution in [1.29, 1.82) is 0 Å². The zero-order valence-electron chi connectivity index (χ0n) is 16.5.